The fraction of sp³-hybridized carbons (Fsp3) is 0.226. The Morgan fingerprint density at radius 2 is 1.53 bits per heavy atom. The zero-order valence-electron chi connectivity index (χ0n) is 20.6. The van der Waals surface area contributed by atoms with Gasteiger partial charge in [-0.2, -0.15) is 0 Å². The fourth-order valence-corrected chi connectivity index (χ4v) is 5.23. The van der Waals surface area contributed by atoms with E-state index in [0.29, 0.717) is 25.1 Å². The van der Waals surface area contributed by atoms with Crippen LogP contribution in [0.25, 0.3) is 16.9 Å². The molecule has 4 aromatic rings. The molecule has 1 aliphatic heterocycles. The van der Waals surface area contributed by atoms with Crippen LogP contribution >= 0.6 is 0 Å². The number of aldehydes is 1. The molecule has 1 amide bonds. The molecule has 3 aromatic carbocycles. The molecule has 1 aliphatic rings. The van der Waals surface area contributed by atoms with Crippen LogP contribution in [0.5, 0.6) is 0 Å². The normalized spacial score (nSPS) is 16.1. The summed E-state index contributed by atoms with van der Waals surface area (Å²) in [5.74, 6) is -0.0159. The molecule has 1 saturated heterocycles. The molecule has 0 N–H and O–H groups in total. The summed E-state index contributed by atoms with van der Waals surface area (Å²) < 4.78 is 2.16. The van der Waals surface area contributed by atoms with Crippen molar-refractivity contribution in [2.24, 2.45) is 0 Å². The minimum Gasteiger partial charge on any atom is -0.333 e. The quantitative estimate of drug-likeness (QED) is 0.336. The van der Waals surface area contributed by atoms with Crippen molar-refractivity contribution in [1.82, 2.24) is 14.4 Å². The maximum Gasteiger partial charge on any atom is 0.256 e. The molecule has 5 rings (SSSR count). The van der Waals surface area contributed by atoms with Gasteiger partial charge < -0.3 is 14.3 Å². The predicted octanol–water partition coefficient (Wildman–Crippen LogP) is 5.37. The van der Waals surface area contributed by atoms with Crippen LogP contribution in [0.15, 0.2) is 97.1 Å². The smallest absolute Gasteiger partial charge is 0.256 e. The molecule has 182 valence electrons. The number of nitrogens with zero attached hydrogens (tertiary/aromatic N) is 3. The highest BCUT2D eigenvalue weighted by Crippen LogP contribution is 2.32. The van der Waals surface area contributed by atoms with Crippen molar-refractivity contribution in [2.75, 3.05) is 19.6 Å². The number of rotatable bonds is 7. The molecular formula is C31H31N3O2. The van der Waals surface area contributed by atoms with E-state index in [1.165, 1.54) is 5.56 Å². The van der Waals surface area contributed by atoms with Crippen molar-refractivity contribution in [2.45, 2.75) is 25.9 Å². The lowest BCUT2D eigenvalue weighted by Crippen LogP contribution is -2.55. The van der Waals surface area contributed by atoms with E-state index in [0.717, 1.165) is 42.0 Å². The molecule has 1 aromatic heterocycles. The second kappa shape index (κ2) is 10.8. The van der Waals surface area contributed by atoms with Crippen molar-refractivity contribution >= 4 is 12.2 Å². The number of benzene rings is 3. The number of para-hydroxylation sites is 1. The summed E-state index contributed by atoms with van der Waals surface area (Å²) in [6.07, 6.45) is 1.27. The third-order valence-electron chi connectivity index (χ3n) is 6.92. The summed E-state index contributed by atoms with van der Waals surface area (Å²) in [4.78, 5) is 30.0. The molecule has 1 unspecified atom stereocenters. The van der Waals surface area contributed by atoms with Gasteiger partial charge in [0.1, 0.15) is 6.29 Å². The van der Waals surface area contributed by atoms with Gasteiger partial charge in [-0.15, -0.1) is 0 Å². The molecular weight excluding hydrogens is 446 g/mol. The summed E-state index contributed by atoms with van der Waals surface area (Å²) in [6.45, 7) is 4.90. The Morgan fingerprint density at radius 1 is 0.889 bits per heavy atom. The molecule has 0 saturated carbocycles. The standard InChI is InChI=1S/C31H31N3O2/c1-24-21-29(30(26-13-7-3-8-14-26)34(24)27-15-9-4-10-16-27)31(36)33-19-18-32(23-28(33)17-20-35)22-25-11-5-2-6-12-25/h2-16,20-21,28H,17-19,22-23H2,1H3. The van der Waals surface area contributed by atoms with Crippen molar-refractivity contribution in [3.05, 3.63) is 114 Å². The fourth-order valence-electron chi connectivity index (χ4n) is 5.23. The van der Waals surface area contributed by atoms with Crippen LogP contribution in [0.1, 0.15) is 28.0 Å². The minimum atomic E-state index is -0.156. The maximum absolute atomic E-state index is 14.1. The molecule has 5 heteroatoms. The lowest BCUT2D eigenvalue weighted by Gasteiger charge is -2.41. The van der Waals surface area contributed by atoms with Gasteiger partial charge in [0.05, 0.1) is 17.3 Å². The number of carbonyl (C=O) groups is 2. The Balaban J connectivity index is 1.49. The molecule has 0 aliphatic carbocycles. The number of amides is 1. The lowest BCUT2D eigenvalue weighted by molar-refractivity contribution is -0.109. The van der Waals surface area contributed by atoms with Crippen LogP contribution in [-0.4, -0.2) is 52.2 Å². The van der Waals surface area contributed by atoms with Gasteiger partial charge in [0.2, 0.25) is 0 Å². The summed E-state index contributed by atoms with van der Waals surface area (Å²) in [6, 6.07) is 32.4. The number of hydrogen-bond acceptors (Lipinski definition) is 3. The van der Waals surface area contributed by atoms with Crippen molar-refractivity contribution < 1.29 is 9.59 Å². The Morgan fingerprint density at radius 3 is 2.19 bits per heavy atom. The summed E-state index contributed by atoms with van der Waals surface area (Å²) >= 11 is 0. The Bertz CT molecular complexity index is 1320. The Labute approximate surface area is 212 Å². The maximum atomic E-state index is 14.1. The van der Waals surface area contributed by atoms with Crippen LogP contribution in [0, 0.1) is 6.92 Å². The van der Waals surface area contributed by atoms with Gasteiger partial charge in [0, 0.05) is 44.0 Å². The number of piperazine rings is 1. The first-order valence-corrected chi connectivity index (χ1v) is 12.5. The third-order valence-corrected chi connectivity index (χ3v) is 6.92. The van der Waals surface area contributed by atoms with E-state index in [4.69, 9.17) is 0 Å². The van der Waals surface area contributed by atoms with E-state index in [-0.39, 0.29) is 11.9 Å². The van der Waals surface area contributed by atoms with Gasteiger partial charge in [0.25, 0.3) is 5.91 Å². The van der Waals surface area contributed by atoms with Crippen molar-refractivity contribution in [1.29, 1.82) is 0 Å². The summed E-state index contributed by atoms with van der Waals surface area (Å²) in [5.41, 5.74) is 5.82. The van der Waals surface area contributed by atoms with Gasteiger partial charge in [-0.25, -0.2) is 0 Å². The van der Waals surface area contributed by atoms with E-state index in [1.807, 2.05) is 84.6 Å². The highest BCUT2D eigenvalue weighted by molar-refractivity contribution is 6.01. The lowest BCUT2D eigenvalue weighted by atomic mass is 10.0. The van der Waals surface area contributed by atoms with E-state index in [1.54, 1.807) is 0 Å². The zero-order chi connectivity index (χ0) is 24.9. The first-order chi connectivity index (χ1) is 17.7. The molecule has 5 nitrogen and oxygen atoms in total. The number of aromatic nitrogens is 1. The molecule has 0 spiro atoms. The van der Waals surface area contributed by atoms with Crippen molar-refractivity contribution in [3.63, 3.8) is 0 Å². The summed E-state index contributed by atoms with van der Waals surface area (Å²) in [7, 11) is 0. The highest BCUT2D eigenvalue weighted by Gasteiger charge is 2.33. The predicted molar refractivity (Wildman–Crippen MR) is 143 cm³/mol. The Hall–Kier alpha value is -3.96. The van der Waals surface area contributed by atoms with Gasteiger partial charge in [0.15, 0.2) is 0 Å². The van der Waals surface area contributed by atoms with Gasteiger partial charge in [-0.05, 0) is 36.2 Å². The molecule has 0 radical (unpaired) electrons. The summed E-state index contributed by atoms with van der Waals surface area (Å²) in [5, 5.41) is 0. The van der Waals surface area contributed by atoms with E-state index < -0.39 is 0 Å². The van der Waals surface area contributed by atoms with Crippen LogP contribution in [0.2, 0.25) is 0 Å². The second-order valence-electron chi connectivity index (χ2n) is 9.36. The molecule has 0 bridgehead atoms. The average molecular weight is 478 g/mol. The van der Waals surface area contributed by atoms with Gasteiger partial charge in [-0.1, -0.05) is 78.9 Å². The molecule has 1 atom stereocenters. The first-order valence-electron chi connectivity index (χ1n) is 12.5. The largest absolute Gasteiger partial charge is 0.333 e. The van der Waals surface area contributed by atoms with Crippen LogP contribution in [0.4, 0.5) is 0 Å². The molecule has 36 heavy (non-hydrogen) atoms. The third kappa shape index (κ3) is 4.88. The minimum absolute atomic E-state index is 0.0159. The molecule has 1 fully saturated rings. The average Bonchev–Trinajstić information content (AvgIpc) is 3.27. The topological polar surface area (TPSA) is 45.6 Å². The van der Waals surface area contributed by atoms with E-state index >= 15 is 0 Å². The van der Waals surface area contributed by atoms with Crippen LogP contribution in [-0.2, 0) is 11.3 Å². The van der Waals surface area contributed by atoms with E-state index in [9.17, 15) is 9.59 Å². The first kappa shape index (κ1) is 23.8. The molecule has 2 heterocycles. The monoisotopic (exact) mass is 477 g/mol. The van der Waals surface area contributed by atoms with Crippen molar-refractivity contribution in [3.8, 4) is 16.9 Å². The Kier molecular flexibility index (Phi) is 7.10. The van der Waals surface area contributed by atoms with Gasteiger partial charge >= 0.3 is 0 Å². The number of carbonyl (C=O) groups excluding carboxylic acids is 2. The van der Waals surface area contributed by atoms with Crippen LogP contribution in [0.3, 0.4) is 0 Å². The van der Waals surface area contributed by atoms with E-state index in [2.05, 4.69) is 33.7 Å². The van der Waals surface area contributed by atoms with Crippen LogP contribution < -0.4 is 0 Å². The number of hydrogen-bond donors (Lipinski definition) is 0. The SMILES string of the molecule is Cc1cc(C(=O)N2CCN(Cc3ccccc3)CC2CC=O)c(-c2ccccc2)n1-c1ccccc1. The zero-order valence-corrected chi connectivity index (χ0v) is 20.6. The van der Waals surface area contributed by atoms with Gasteiger partial charge in [-0.3, -0.25) is 9.69 Å². The number of aryl methyl sites for hydroxylation is 1. The highest BCUT2D eigenvalue weighted by atomic mass is 16.2. The second-order valence-corrected chi connectivity index (χ2v) is 9.36.